The summed E-state index contributed by atoms with van der Waals surface area (Å²) >= 11 is 5.71. The van der Waals surface area contributed by atoms with Gasteiger partial charge in [0.2, 0.25) is 5.91 Å². The number of carbonyl (C=O) groups excluding carboxylic acids is 1. The maximum atomic E-state index is 13.7. The van der Waals surface area contributed by atoms with Crippen LogP contribution in [0.4, 0.5) is 10.2 Å². The van der Waals surface area contributed by atoms with Gasteiger partial charge < -0.3 is 15.0 Å². The number of amides is 1. The van der Waals surface area contributed by atoms with E-state index in [4.69, 9.17) is 16.3 Å². The number of hydrogen-bond donors (Lipinski definition) is 1. The van der Waals surface area contributed by atoms with Gasteiger partial charge in [0.25, 0.3) is 0 Å². The van der Waals surface area contributed by atoms with Crippen LogP contribution in [-0.4, -0.2) is 45.9 Å². The maximum Gasteiger partial charge on any atom is 0.352 e. The van der Waals surface area contributed by atoms with Gasteiger partial charge in [0, 0.05) is 6.54 Å². The number of carbonyl (C=O) groups is 1. The highest BCUT2D eigenvalue weighted by Gasteiger charge is 2.23. The Morgan fingerprint density at radius 2 is 2.19 bits per heavy atom. The molecular weight excluding hydrogens is 425 g/mol. The van der Waals surface area contributed by atoms with Crippen molar-refractivity contribution in [2.45, 2.75) is 32.5 Å². The molecular formula is C21H23ClFN5O3. The Bertz CT molecular complexity index is 1180. The molecule has 1 aromatic carbocycles. The van der Waals surface area contributed by atoms with Gasteiger partial charge in [-0.1, -0.05) is 23.7 Å². The zero-order valence-electron chi connectivity index (χ0n) is 17.2. The minimum absolute atomic E-state index is 0.0175. The number of rotatable bonds is 5. The fourth-order valence-corrected chi connectivity index (χ4v) is 3.84. The van der Waals surface area contributed by atoms with Crippen molar-refractivity contribution in [3.05, 3.63) is 63.3 Å². The summed E-state index contributed by atoms with van der Waals surface area (Å²) in [6, 6.07) is 9.43. The average Bonchev–Trinajstić information content (AvgIpc) is 3.05. The van der Waals surface area contributed by atoms with Gasteiger partial charge in [-0.25, -0.2) is 18.3 Å². The summed E-state index contributed by atoms with van der Waals surface area (Å²) in [7, 11) is 0. The number of pyridine rings is 1. The van der Waals surface area contributed by atoms with Crippen LogP contribution in [0, 0.1) is 5.82 Å². The molecule has 0 saturated carbocycles. The summed E-state index contributed by atoms with van der Waals surface area (Å²) in [4.78, 5) is 27.7. The third-order valence-electron chi connectivity index (χ3n) is 5.36. The molecule has 4 rings (SSSR count). The second-order valence-corrected chi connectivity index (χ2v) is 8.01. The van der Waals surface area contributed by atoms with Crippen molar-refractivity contribution in [1.82, 2.24) is 19.5 Å². The summed E-state index contributed by atoms with van der Waals surface area (Å²) in [5.41, 5.74) is 0.632. The van der Waals surface area contributed by atoms with E-state index in [1.54, 1.807) is 19.1 Å². The molecule has 3 heterocycles. The van der Waals surface area contributed by atoms with Crippen LogP contribution in [0.5, 0.6) is 0 Å². The second kappa shape index (κ2) is 8.68. The first-order chi connectivity index (χ1) is 14.8. The molecule has 10 heteroatoms. The Kier molecular flexibility index (Phi) is 5.97. The molecule has 8 nitrogen and oxygen atoms in total. The van der Waals surface area contributed by atoms with Crippen LogP contribution in [0.15, 0.2) is 41.2 Å². The van der Waals surface area contributed by atoms with Gasteiger partial charge in [-0.15, -0.1) is 5.10 Å². The molecule has 31 heavy (non-hydrogen) atoms. The van der Waals surface area contributed by atoms with Gasteiger partial charge in [-0.2, -0.15) is 0 Å². The van der Waals surface area contributed by atoms with Gasteiger partial charge in [0.1, 0.15) is 18.2 Å². The standard InChI is InChI=1S/C21H23ClFN5O3/c1-13-12-31-9-8-26(13)20-5-3-4-18-25-27(21(30)28(18)20)11-19(29)24-14(2)15-6-7-16(22)17(23)10-15/h3-7,10,13-14H,8-9,11-12H2,1-2H3,(H,24,29)/t13?,14-/m0/s1. The van der Waals surface area contributed by atoms with Gasteiger partial charge in [0.15, 0.2) is 5.65 Å². The SMILES string of the molecule is CC1COCCN1c1cccc2nn(CC(=O)N[C@@H](C)c3ccc(Cl)c(F)c3)c(=O)n12. The maximum absolute atomic E-state index is 13.7. The van der Waals surface area contributed by atoms with E-state index in [0.29, 0.717) is 31.0 Å². The lowest BCUT2D eigenvalue weighted by Crippen LogP contribution is -2.45. The molecule has 1 amide bonds. The first kappa shape index (κ1) is 21.3. The largest absolute Gasteiger partial charge is 0.377 e. The second-order valence-electron chi connectivity index (χ2n) is 7.60. The van der Waals surface area contributed by atoms with Crippen molar-refractivity contribution < 1.29 is 13.9 Å². The minimum Gasteiger partial charge on any atom is -0.377 e. The topological polar surface area (TPSA) is 80.9 Å². The first-order valence-electron chi connectivity index (χ1n) is 10.0. The van der Waals surface area contributed by atoms with Crippen LogP contribution in [0.25, 0.3) is 5.65 Å². The van der Waals surface area contributed by atoms with Gasteiger partial charge in [-0.3, -0.25) is 4.79 Å². The molecule has 0 spiro atoms. The molecule has 0 bridgehead atoms. The van der Waals surface area contributed by atoms with E-state index < -0.39 is 23.5 Å². The molecule has 1 unspecified atom stereocenters. The van der Waals surface area contributed by atoms with Crippen LogP contribution in [0.1, 0.15) is 25.5 Å². The van der Waals surface area contributed by atoms with Crippen molar-refractivity contribution in [2.24, 2.45) is 0 Å². The van der Waals surface area contributed by atoms with Crippen LogP contribution in [0.3, 0.4) is 0 Å². The van der Waals surface area contributed by atoms with E-state index in [1.807, 2.05) is 19.1 Å². The average molecular weight is 448 g/mol. The number of nitrogens with zero attached hydrogens (tertiary/aromatic N) is 4. The molecule has 1 aliphatic heterocycles. The molecule has 0 radical (unpaired) electrons. The predicted molar refractivity (Wildman–Crippen MR) is 115 cm³/mol. The highest BCUT2D eigenvalue weighted by atomic mass is 35.5. The number of hydrogen-bond acceptors (Lipinski definition) is 5. The summed E-state index contributed by atoms with van der Waals surface area (Å²) in [6.07, 6.45) is 0. The van der Waals surface area contributed by atoms with E-state index in [2.05, 4.69) is 15.3 Å². The van der Waals surface area contributed by atoms with Gasteiger partial charge >= 0.3 is 5.69 Å². The van der Waals surface area contributed by atoms with Crippen LogP contribution < -0.4 is 15.9 Å². The highest BCUT2D eigenvalue weighted by Crippen LogP contribution is 2.21. The summed E-state index contributed by atoms with van der Waals surface area (Å²) in [5, 5.41) is 7.09. The van der Waals surface area contributed by atoms with Crippen molar-refractivity contribution in [1.29, 1.82) is 0 Å². The Hall–Kier alpha value is -2.91. The molecule has 1 N–H and O–H groups in total. The number of halogens is 2. The van der Waals surface area contributed by atoms with E-state index in [9.17, 15) is 14.0 Å². The fraction of sp³-hybridized carbons (Fsp3) is 0.381. The van der Waals surface area contributed by atoms with E-state index in [1.165, 1.54) is 16.5 Å². The monoisotopic (exact) mass is 447 g/mol. The van der Waals surface area contributed by atoms with Crippen molar-refractivity contribution >= 4 is 29.0 Å². The number of morpholine rings is 1. The minimum atomic E-state index is -0.554. The lowest BCUT2D eigenvalue weighted by atomic mass is 10.1. The highest BCUT2D eigenvalue weighted by molar-refractivity contribution is 6.30. The quantitative estimate of drug-likeness (QED) is 0.649. The fourth-order valence-electron chi connectivity index (χ4n) is 3.73. The Morgan fingerprint density at radius 3 is 2.94 bits per heavy atom. The molecule has 1 aliphatic rings. The molecule has 2 atom stereocenters. The number of anilines is 1. The number of fused-ring (bicyclic) bond motifs is 1. The number of aromatic nitrogens is 3. The number of ether oxygens (including phenoxy) is 1. The van der Waals surface area contributed by atoms with Gasteiger partial charge in [0.05, 0.1) is 30.3 Å². The zero-order valence-corrected chi connectivity index (χ0v) is 18.0. The predicted octanol–water partition coefficient (Wildman–Crippen LogP) is 2.39. The van der Waals surface area contributed by atoms with E-state index in [0.717, 1.165) is 10.5 Å². The van der Waals surface area contributed by atoms with Crippen molar-refractivity contribution in [2.75, 3.05) is 24.7 Å². The van der Waals surface area contributed by atoms with E-state index in [-0.39, 0.29) is 17.6 Å². The first-order valence-corrected chi connectivity index (χ1v) is 10.4. The van der Waals surface area contributed by atoms with Gasteiger partial charge in [-0.05, 0) is 43.7 Å². The lowest BCUT2D eigenvalue weighted by molar-refractivity contribution is -0.122. The van der Waals surface area contributed by atoms with Crippen LogP contribution in [0.2, 0.25) is 5.02 Å². The third kappa shape index (κ3) is 4.28. The Morgan fingerprint density at radius 1 is 1.39 bits per heavy atom. The summed E-state index contributed by atoms with van der Waals surface area (Å²) in [6.45, 7) is 5.32. The zero-order chi connectivity index (χ0) is 22.1. The van der Waals surface area contributed by atoms with Crippen LogP contribution >= 0.6 is 11.6 Å². The smallest absolute Gasteiger partial charge is 0.352 e. The lowest BCUT2D eigenvalue weighted by Gasteiger charge is -2.35. The van der Waals surface area contributed by atoms with Crippen molar-refractivity contribution in [3.8, 4) is 0 Å². The Balaban J connectivity index is 1.55. The van der Waals surface area contributed by atoms with E-state index >= 15 is 0 Å². The summed E-state index contributed by atoms with van der Waals surface area (Å²) < 4.78 is 21.8. The normalized spacial score (nSPS) is 17.7. The van der Waals surface area contributed by atoms with Crippen LogP contribution in [-0.2, 0) is 16.1 Å². The third-order valence-corrected chi connectivity index (χ3v) is 5.67. The number of nitrogens with one attached hydrogen (secondary N) is 1. The Labute approximate surface area is 183 Å². The molecule has 3 aromatic rings. The number of benzene rings is 1. The molecule has 164 valence electrons. The molecule has 0 aliphatic carbocycles. The van der Waals surface area contributed by atoms with Crippen molar-refractivity contribution in [3.63, 3.8) is 0 Å². The summed E-state index contributed by atoms with van der Waals surface area (Å²) in [5.74, 6) is -0.244. The molecule has 1 saturated heterocycles. The molecule has 2 aromatic heterocycles. The molecule has 1 fully saturated rings.